The monoisotopic (exact) mass is 384 g/mol. The number of nitrogens with zero attached hydrogens (tertiary/aromatic N) is 1. The van der Waals surface area contributed by atoms with Crippen LogP contribution in [-0.2, 0) is 14.3 Å². The molecule has 0 saturated heterocycles. The lowest BCUT2D eigenvalue weighted by Gasteiger charge is -2.42. The number of carbonyl (C=O) groups excluding carboxylic acids is 2. The Labute approximate surface area is 163 Å². The van der Waals surface area contributed by atoms with Gasteiger partial charge in [0, 0.05) is 41.8 Å². The van der Waals surface area contributed by atoms with E-state index in [0.717, 1.165) is 11.3 Å². The minimum absolute atomic E-state index is 0.0523. The Hall–Kier alpha value is -2.96. The number of esters is 1. The standard InChI is InChI=1S/C21H24N2O5/c1-5-28-20(25)17-12(2)22-15-10-13(24)11-21(3,4)19(15)18(17)14-8-6-7-9-16(14)23(26)27/h6-9,18,22H,5,10-11H2,1-4H3. The zero-order valence-corrected chi connectivity index (χ0v) is 16.5. The van der Waals surface area contributed by atoms with Crippen molar-refractivity contribution in [2.45, 2.75) is 46.5 Å². The van der Waals surface area contributed by atoms with Gasteiger partial charge in [-0.25, -0.2) is 4.79 Å². The molecule has 0 fully saturated rings. The number of nitro groups is 1. The third-order valence-corrected chi connectivity index (χ3v) is 5.33. The number of carbonyl (C=O) groups is 2. The van der Waals surface area contributed by atoms with Gasteiger partial charge in [0.15, 0.2) is 0 Å². The van der Waals surface area contributed by atoms with Crippen molar-refractivity contribution in [3.63, 3.8) is 0 Å². The molecule has 1 aliphatic carbocycles. The van der Waals surface area contributed by atoms with Crippen LogP contribution in [0.25, 0.3) is 0 Å². The van der Waals surface area contributed by atoms with E-state index in [1.54, 1.807) is 32.0 Å². The van der Waals surface area contributed by atoms with Crippen molar-refractivity contribution in [3.05, 3.63) is 62.5 Å². The molecule has 1 atom stereocenters. The Bertz CT molecular complexity index is 926. The van der Waals surface area contributed by atoms with Crippen LogP contribution in [0.3, 0.4) is 0 Å². The van der Waals surface area contributed by atoms with E-state index >= 15 is 0 Å². The number of dihydropyridines is 1. The van der Waals surface area contributed by atoms with Crippen molar-refractivity contribution in [1.82, 2.24) is 5.32 Å². The van der Waals surface area contributed by atoms with Crippen LogP contribution in [0.15, 0.2) is 46.8 Å². The number of ether oxygens (including phenoxy) is 1. The van der Waals surface area contributed by atoms with Gasteiger partial charge in [-0.3, -0.25) is 14.9 Å². The second kappa shape index (κ2) is 7.22. The smallest absolute Gasteiger partial charge is 0.336 e. The second-order valence-electron chi connectivity index (χ2n) is 7.80. The Morgan fingerprint density at radius 2 is 2.04 bits per heavy atom. The average molecular weight is 384 g/mol. The second-order valence-corrected chi connectivity index (χ2v) is 7.80. The van der Waals surface area contributed by atoms with Gasteiger partial charge in [-0.2, -0.15) is 0 Å². The number of ketones is 1. The third kappa shape index (κ3) is 3.32. The van der Waals surface area contributed by atoms with Gasteiger partial charge >= 0.3 is 5.97 Å². The van der Waals surface area contributed by atoms with Gasteiger partial charge in [-0.15, -0.1) is 0 Å². The Morgan fingerprint density at radius 1 is 1.36 bits per heavy atom. The zero-order chi connectivity index (χ0) is 20.6. The fourth-order valence-corrected chi connectivity index (χ4v) is 4.37. The fraction of sp³-hybridized carbons (Fsp3) is 0.429. The Balaban J connectivity index is 2.30. The number of hydrogen-bond donors (Lipinski definition) is 1. The largest absolute Gasteiger partial charge is 0.463 e. The van der Waals surface area contributed by atoms with Crippen molar-refractivity contribution in [2.75, 3.05) is 6.61 Å². The normalized spacial score (nSPS) is 21.1. The molecule has 7 nitrogen and oxygen atoms in total. The summed E-state index contributed by atoms with van der Waals surface area (Å²) in [6, 6.07) is 6.45. The first kappa shape index (κ1) is 19.8. The van der Waals surface area contributed by atoms with E-state index < -0.39 is 22.2 Å². The van der Waals surface area contributed by atoms with Crippen molar-refractivity contribution < 1.29 is 19.2 Å². The summed E-state index contributed by atoms with van der Waals surface area (Å²) in [5, 5.41) is 14.9. The zero-order valence-electron chi connectivity index (χ0n) is 16.5. The van der Waals surface area contributed by atoms with E-state index in [1.165, 1.54) is 6.07 Å². The molecule has 0 aromatic heterocycles. The SMILES string of the molecule is CCOC(=O)C1=C(C)NC2=C(C1c1ccccc1[N+](=O)[O-])C(C)(C)CC(=O)C2. The Morgan fingerprint density at radius 3 is 2.68 bits per heavy atom. The lowest BCUT2D eigenvalue weighted by molar-refractivity contribution is -0.385. The predicted molar refractivity (Wildman–Crippen MR) is 103 cm³/mol. The molecular weight excluding hydrogens is 360 g/mol. The minimum Gasteiger partial charge on any atom is -0.463 e. The van der Waals surface area contributed by atoms with Gasteiger partial charge < -0.3 is 10.1 Å². The van der Waals surface area contributed by atoms with Crippen LogP contribution in [0, 0.1) is 15.5 Å². The van der Waals surface area contributed by atoms with Crippen molar-refractivity contribution in [1.29, 1.82) is 0 Å². The number of hydrogen-bond acceptors (Lipinski definition) is 6. The molecule has 0 bridgehead atoms. The van der Waals surface area contributed by atoms with Crippen molar-refractivity contribution in [2.24, 2.45) is 5.41 Å². The van der Waals surface area contributed by atoms with Crippen LogP contribution >= 0.6 is 0 Å². The lowest BCUT2D eigenvalue weighted by Crippen LogP contribution is -2.40. The number of benzene rings is 1. The number of rotatable bonds is 4. The summed E-state index contributed by atoms with van der Waals surface area (Å²) in [5.41, 5.74) is 2.33. The van der Waals surface area contributed by atoms with Crippen LogP contribution < -0.4 is 5.32 Å². The highest BCUT2D eigenvalue weighted by Crippen LogP contribution is 2.52. The maximum absolute atomic E-state index is 12.8. The Kier molecular flexibility index (Phi) is 5.10. The van der Waals surface area contributed by atoms with Crippen molar-refractivity contribution >= 4 is 17.4 Å². The first-order valence-electron chi connectivity index (χ1n) is 9.30. The van der Waals surface area contributed by atoms with Gasteiger partial charge in [0.2, 0.25) is 0 Å². The molecule has 2 aliphatic rings. The van der Waals surface area contributed by atoms with Gasteiger partial charge in [0.05, 0.1) is 17.1 Å². The number of Topliss-reactive ketones (excluding diaryl/α,β-unsaturated/α-hetero) is 1. The summed E-state index contributed by atoms with van der Waals surface area (Å²) in [7, 11) is 0. The molecule has 3 rings (SSSR count). The quantitative estimate of drug-likeness (QED) is 0.482. The first-order valence-corrected chi connectivity index (χ1v) is 9.30. The van der Waals surface area contributed by atoms with Crippen LogP contribution in [-0.4, -0.2) is 23.3 Å². The molecule has 1 N–H and O–H groups in total. The maximum atomic E-state index is 12.8. The first-order chi connectivity index (χ1) is 13.2. The van der Waals surface area contributed by atoms with Crippen molar-refractivity contribution in [3.8, 4) is 0 Å². The van der Waals surface area contributed by atoms with E-state index in [1.807, 2.05) is 13.8 Å². The number of nitrogens with one attached hydrogen (secondary N) is 1. The van der Waals surface area contributed by atoms with Gasteiger partial charge in [-0.1, -0.05) is 32.0 Å². The predicted octanol–water partition coefficient (Wildman–Crippen LogP) is 3.76. The molecule has 1 unspecified atom stereocenters. The highest BCUT2D eigenvalue weighted by molar-refractivity contribution is 5.94. The molecule has 28 heavy (non-hydrogen) atoms. The minimum atomic E-state index is -0.639. The summed E-state index contributed by atoms with van der Waals surface area (Å²) in [6.07, 6.45) is 0.545. The molecule has 0 radical (unpaired) electrons. The molecule has 0 amide bonds. The van der Waals surface area contributed by atoms with Crippen LogP contribution in [0.2, 0.25) is 0 Å². The highest BCUT2D eigenvalue weighted by Gasteiger charge is 2.46. The number of allylic oxidation sites excluding steroid dienone is 3. The maximum Gasteiger partial charge on any atom is 0.336 e. The topological polar surface area (TPSA) is 98.5 Å². The van der Waals surface area contributed by atoms with Crippen LogP contribution in [0.5, 0.6) is 0 Å². The summed E-state index contributed by atoms with van der Waals surface area (Å²) >= 11 is 0. The third-order valence-electron chi connectivity index (χ3n) is 5.33. The fourth-order valence-electron chi connectivity index (χ4n) is 4.37. The molecule has 1 aromatic rings. The molecule has 1 aliphatic heterocycles. The number of nitro benzene ring substituents is 1. The molecule has 0 spiro atoms. The van der Waals surface area contributed by atoms with Gasteiger partial charge in [0.1, 0.15) is 5.78 Å². The van der Waals surface area contributed by atoms with E-state index in [2.05, 4.69) is 5.32 Å². The molecular formula is C21H24N2O5. The summed E-state index contributed by atoms with van der Waals surface area (Å²) in [4.78, 5) is 36.4. The molecule has 1 aromatic carbocycles. The summed E-state index contributed by atoms with van der Waals surface area (Å²) < 4.78 is 5.28. The van der Waals surface area contributed by atoms with E-state index in [9.17, 15) is 19.7 Å². The van der Waals surface area contributed by atoms with E-state index in [0.29, 0.717) is 23.3 Å². The van der Waals surface area contributed by atoms with E-state index in [-0.39, 0.29) is 24.5 Å². The van der Waals surface area contributed by atoms with E-state index in [4.69, 9.17) is 4.74 Å². The molecule has 148 valence electrons. The highest BCUT2D eigenvalue weighted by atomic mass is 16.6. The average Bonchev–Trinajstić information content (AvgIpc) is 2.59. The molecule has 7 heteroatoms. The molecule has 1 heterocycles. The number of para-hydroxylation sites is 1. The van der Waals surface area contributed by atoms with Gasteiger partial charge in [0.25, 0.3) is 5.69 Å². The van der Waals surface area contributed by atoms with Crippen LogP contribution in [0.4, 0.5) is 5.69 Å². The van der Waals surface area contributed by atoms with Crippen LogP contribution in [0.1, 0.15) is 52.0 Å². The molecule has 0 saturated carbocycles. The summed E-state index contributed by atoms with van der Waals surface area (Å²) in [6.45, 7) is 7.54. The summed E-state index contributed by atoms with van der Waals surface area (Å²) in [5.74, 6) is -1.04. The lowest BCUT2D eigenvalue weighted by atomic mass is 9.64. The van der Waals surface area contributed by atoms with Gasteiger partial charge in [-0.05, 0) is 24.8 Å².